The molecule has 0 saturated heterocycles. The van der Waals surface area contributed by atoms with Crippen LogP contribution >= 0.6 is 0 Å². The van der Waals surface area contributed by atoms with Crippen molar-refractivity contribution in [1.82, 2.24) is 9.97 Å². The summed E-state index contributed by atoms with van der Waals surface area (Å²) in [4.78, 5) is 8.75. The lowest BCUT2D eigenvalue weighted by Gasteiger charge is -2.06. The van der Waals surface area contributed by atoms with Gasteiger partial charge < -0.3 is 5.32 Å². The zero-order valence-corrected chi connectivity index (χ0v) is 11.0. The highest BCUT2D eigenvalue weighted by Crippen LogP contribution is 2.42. The predicted octanol–water partition coefficient (Wildman–Crippen LogP) is 3.20. The summed E-state index contributed by atoms with van der Waals surface area (Å²) in [6, 6.07) is 9.03. The van der Waals surface area contributed by atoms with Crippen molar-refractivity contribution in [1.29, 1.82) is 0 Å². The Morgan fingerprint density at radius 2 is 1.74 bits per heavy atom. The molecule has 1 N–H and O–H groups in total. The topological polar surface area (TPSA) is 37.8 Å². The normalized spacial score (nSPS) is 21.2. The molecule has 1 fully saturated rings. The maximum absolute atomic E-state index is 12.9. The highest BCUT2D eigenvalue weighted by molar-refractivity contribution is 5.38. The summed E-state index contributed by atoms with van der Waals surface area (Å²) in [5.74, 6) is 0.934. The van der Waals surface area contributed by atoms with Crippen LogP contribution in [0.15, 0.2) is 30.3 Å². The molecule has 1 aliphatic rings. The quantitative estimate of drug-likeness (QED) is 0.917. The van der Waals surface area contributed by atoms with Crippen LogP contribution in [-0.4, -0.2) is 16.0 Å². The first kappa shape index (κ1) is 12.1. The van der Waals surface area contributed by atoms with Gasteiger partial charge >= 0.3 is 0 Å². The first-order valence-electron chi connectivity index (χ1n) is 6.46. The van der Waals surface area contributed by atoms with Crippen LogP contribution in [0.25, 0.3) is 0 Å². The molecule has 0 bridgehead atoms. The van der Waals surface area contributed by atoms with E-state index in [1.54, 1.807) is 0 Å². The molecule has 1 heterocycles. The van der Waals surface area contributed by atoms with Crippen LogP contribution in [0.1, 0.15) is 29.3 Å². The molecule has 3 nitrogen and oxygen atoms in total. The van der Waals surface area contributed by atoms with Crippen molar-refractivity contribution in [2.24, 2.45) is 0 Å². The largest absolute Gasteiger partial charge is 0.351 e. The Balaban J connectivity index is 1.68. The Morgan fingerprint density at radius 3 is 2.37 bits per heavy atom. The van der Waals surface area contributed by atoms with E-state index in [1.807, 2.05) is 32.0 Å². The second kappa shape index (κ2) is 4.61. The molecular weight excluding hydrogens is 241 g/mol. The summed E-state index contributed by atoms with van der Waals surface area (Å²) in [5, 5.41) is 3.34. The van der Waals surface area contributed by atoms with Crippen molar-refractivity contribution in [3.8, 4) is 0 Å². The third-order valence-electron chi connectivity index (χ3n) is 3.39. The maximum atomic E-state index is 12.9. The Hall–Kier alpha value is -1.97. The van der Waals surface area contributed by atoms with Gasteiger partial charge in [-0.25, -0.2) is 14.4 Å². The molecule has 4 heteroatoms. The van der Waals surface area contributed by atoms with Crippen LogP contribution in [-0.2, 0) is 0 Å². The third kappa shape index (κ3) is 2.72. The van der Waals surface area contributed by atoms with E-state index in [4.69, 9.17) is 0 Å². The number of aryl methyl sites for hydroxylation is 2. The average Bonchev–Trinajstić information content (AvgIpc) is 3.08. The van der Waals surface area contributed by atoms with E-state index in [1.165, 1.54) is 17.7 Å². The van der Waals surface area contributed by atoms with Crippen molar-refractivity contribution in [2.45, 2.75) is 32.2 Å². The fourth-order valence-corrected chi connectivity index (χ4v) is 2.39. The lowest BCUT2D eigenvalue weighted by Crippen LogP contribution is -2.09. The van der Waals surface area contributed by atoms with Gasteiger partial charge in [0.1, 0.15) is 5.82 Å². The molecule has 1 aromatic carbocycles. The molecule has 0 amide bonds. The molecule has 98 valence electrons. The monoisotopic (exact) mass is 257 g/mol. The van der Waals surface area contributed by atoms with Gasteiger partial charge in [-0.1, -0.05) is 12.1 Å². The van der Waals surface area contributed by atoms with Crippen molar-refractivity contribution in [3.63, 3.8) is 0 Å². The van der Waals surface area contributed by atoms with E-state index in [2.05, 4.69) is 15.3 Å². The van der Waals surface area contributed by atoms with E-state index in [0.717, 1.165) is 17.8 Å². The lowest BCUT2D eigenvalue weighted by molar-refractivity contribution is 0.627. The van der Waals surface area contributed by atoms with E-state index in [9.17, 15) is 4.39 Å². The fraction of sp³-hybridized carbons (Fsp3) is 0.333. The fourth-order valence-electron chi connectivity index (χ4n) is 2.39. The van der Waals surface area contributed by atoms with Crippen LogP contribution in [0.2, 0.25) is 0 Å². The van der Waals surface area contributed by atoms with Crippen molar-refractivity contribution in [2.75, 3.05) is 5.32 Å². The second-order valence-electron chi connectivity index (χ2n) is 5.12. The summed E-state index contributed by atoms with van der Waals surface area (Å²) < 4.78 is 12.9. The molecule has 1 saturated carbocycles. The molecule has 0 aliphatic heterocycles. The third-order valence-corrected chi connectivity index (χ3v) is 3.39. The molecule has 1 aromatic heterocycles. The van der Waals surface area contributed by atoms with Crippen LogP contribution in [0.3, 0.4) is 0 Å². The summed E-state index contributed by atoms with van der Waals surface area (Å²) in [6.45, 7) is 3.93. The average molecular weight is 257 g/mol. The molecule has 2 aromatic rings. The standard InChI is InChI=1S/C15H16FN3/c1-9-7-10(2)18-15(17-9)19-14-8-13(14)11-3-5-12(16)6-4-11/h3-7,13-14H,8H2,1-2H3,(H,17,18,19)/t13-,14+/m0/s1. The van der Waals surface area contributed by atoms with Gasteiger partial charge in [-0.2, -0.15) is 0 Å². The Morgan fingerprint density at radius 1 is 1.11 bits per heavy atom. The molecule has 19 heavy (non-hydrogen) atoms. The summed E-state index contributed by atoms with van der Waals surface area (Å²) >= 11 is 0. The first-order chi connectivity index (χ1) is 9.11. The number of nitrogens with one attached hydrogen (secondary N) is 1. The van der Waals surface area contributed by atoms with E-state index < -0.39 is 0 Å². The number of hydrogen-bond acceptors (Lipinski definition) is 3. The van der Waals surface area contributed by atoms with Crippen molar-refractivity contribution in [3.05, 3.63) is 53.1 Å². The maximum Gasteiger partial charge on any atom is 0.223 e. The van der Waals surface area contributed by atoms with Crippen molar-refractivity contribution >= 4 is 5.95 Å². The Bertz CT molecular complexity index is 575. The van der Waals surface area contributed by atoms with E-state index in [-0.39, 0.29) is 5.82 Å². The number of hydrogen-bond donors (Lipinski definition) is 1. The van der Waals surface area contributed by atoms with E-state index in [0.29, 0.717) is 17.9 Å². The minimum absolute atomic E-state index is 0.188. The van der Waals surface area contributed by atoms with Crippen LogP contribution in [0.4, 0.5) is 10.3 Å². The molecule has 3 rings (SSSR count). The number of aromatic nitrogens is 2. The van der Waals surface area contributed by atoms with Gasteiger partial charge in [0.15, 0.2) is 0 Å². The SMILES string of the molecule is Cc1cc(C)nc(N[C@@H]2C[C@H]2c2ccc(F)cc2)n1. The van der Waals surface area contributed by atoms with Gasteiger partial charge in [-0.3, -0.25) is 0 Å². The number of rotatable bonds is 3. The van der Waals surface area contributed by atoms with Crippen LogP contribution in [0, 0.1) is 19.7 Å². The second-order valence-corrected chi connectivity index (χ2v) is 5.12. The minimum Gasteiger partial charge on any atom is -0.351 e. The molecule has 2 atom stereocenters. The van der Waals surface area contributed by atoms with Gasteiger partial charge in [-0.05, 0) is 44.0 Å². The number of nitrogens with zero attached hydrogens (tertiary/aromatic N) is 2. The molecule has 0 radical (unpaired) electrons. The van der Waals surface area contributed by atoms with Gasteiger partial charge in [0.05, 0.1) is 0 Å². The van der Waals surface area contributed by atoms with Gasteiger partial charge in [0.25, 0.3) is 0 Å². The minimum atomic E-state index is -0.188. The van der Waals surface area contributed by atoms with E-state index >= 15 is 0 Å². The predicted molar refractivity (Wildman–Crippen MR) is 72.7 cm³/mol. The van der Waals surface area contributed by atoms with Crippen LogP contribution < -0.4 is 5.32 Å². The lowest BCUT2D eigenvalue weighted by atomic mass is 10.1. The number of halogens is 1. The Kier molecular flexibility index (Phi) is 2.93. The highest BCUT2D eigenvalue weighted by atomic mass is 19.1. The van der Waals surface area contributed by atoms with Crippen molar-refractivity contribution < 1.29 is 4.39 Å². The van der Waals surface area contributed by atoms with Crippen LogP contribution in [0.5, 0.6) is 0 Å². The van der Waals surface area contributed by atoms with Gasteiger partial charge in [-0.15, -0.1) is 0 Å². The summed E-state index contributed by atoms with van der Waals surface area (Å²) in [7, 11) is 0. The summed E-state index contributed by atoms with van der Waals surface area (Å²) in [6.07, 6.45) is 1.04. The smallest absolute Gasteiger partial charge is 0.223 e. The van der Waals surface area contributed by atoms with Gasteiger partial charge in [0.2, 0.25) is 5.95 Å². The Labute approximate surface area is 111 Å². The highest BCUT2D eigenvalue weighted by Gasteiger charge is 2.38. The number of anilines is 1. The van der Waals surface area contributed by atoms with Gasteiger partial charge in [0, 0.05) is 23.3 Å². The molecular formula is C15H16FN3. The zero-order valence-electron chi connectivity index (χ0n) is 11.0. The molecule has 1 aliphatic carbocycles. The zero-order chi connectivity index (χ0) is 13.4. The summed E-state index contributed by atoms with van der Waals surface area (Å²) in [5.41, 5.74) is 3.10. The number of benzene rings is 1. The molecule has 0 spiro atoms. The molecule has 0 unspecified atom stereocenters. The first-order valence-corrected chi connectivity index (χ1v) is 6.46.